The molecule has 0 bridgehead atoms. The molecule has 2 saturated heterocycles. The fraction of sp³-hybridized carbons (Fsp3) is 0.588. The zero-order valence-corrected chi connectivity index (χ0v) is 14.6. The maximum absolute atomic E-state index is 12.7. The molecule has 1 aromatic heterocycles. The van der Waals surface area contributed by atoms with E-state index >= 15 is 0 Å². The maximum atomic E-state index is 12.7. The first-order valence-electron chi connectivity index (χ1n) is 8.52. The summed E-state index contributed by atoms with van der Waals surface area (Å²) >= 11 is 0. The van der Waals surface area contributed by atoms with E-state index in [4.69, 9.17) is 4.42 Å². The van der Waals surface area contributed by atoms with Gasteiger partial charge in [-0.25, -0.2) is 4.79 Å². The Labute approximate surface area is 146 Å². The second-order valence-corrected chi connectivity index (χ2v) is 7.22. The fourth-order valence-corrected chi connectivity index (χ4v) is 3.49. The Morgan fingerprint density at radius 2 is 2.00 bits per heavy atom. The lowest BCUT2D eigenvalue weighted by Crippen LogP contribution is -2.48. The van der Waals surface area contributed by atoms with Crippen LogP contribution in [-0.2, 0) is 4.79 Å². The summed E-state index contributed by atoms with van der Waals surface area (Å²) in [5.41, 5.74) is 0.0221. The molecule has 25 heavy (non-hydrogen) atoms. The van der Waals surface area contributed by atoms with Crippen LogP contribution in [0.25, 0.3) is 0 Å². The van der Waals surface area contributed by atoms with E-state index in [1.54, 1.807) is 15.9 Å². The second kappa shape index (κ2) is 6.78. The molecule has 136 valence electrons. The quantitative estimate of drug-likeness (QED) is 0.821. The Balaban J connectivity index is 1.81. The number of hydrogen-bond donors (Lipinski definition) is 2. The van der Waals surface area contributed by atoms with Crippen LogP contribution < -0.4 is 10.6 Å². The van der Waals surface area contributed by atoms with Crippen LogP contribution in [0, 0.1) is 5.41 Å². The highest BCUT2D eigenvalue weighted by atomic mass is 16.3. The molecule has 1 spiro atoms. The van der Waals surface area contributed by atoms with Crippen LogP contribution in [0.1, 0.15) is 30.6 Å². The van der Waals surface area contributed by atoms with E-state index in [1.807, 2.05) is 13.8 Å². The Kier molecular flexibility index (Phi) is 4.69. The van der Waals surface area contributed by atoms with Gasteiger partial charge >= 0.3 is 6.03 Å². The first-order chi connectivity index (χ1) is 11.9. The molecule has 4 amide bonds. The summed E-state index contributed by atoms with van der Waals surface area (Å²) in [7, 11) is 0. The summed E-state index contributed by atoms with van der Waals surface area (Å²) in [6.45, 7) is 6.00. The molecule has 1 unspecified atom stereocenters. The molecule has 3 rings (SSSR count). The number of urea groups is 1. The number of nitrogens with zero attached hydrogens (tertiary/aromatic N) is 2. The van der Waals surface area contributed by atoms with Crippen molar-refractivity contribution in [3.63, 3.8) is 0 Å². The van der Waals surface area contributed by atoms with E-state index in [9.17, 15) is 14.4 Å². The van der Waals surface area contributed by atoms with Gasteiger partial charge in [0.25, 0.3) is 5.91 Å². The number of hydrogen-bond acceptors (Lipinski definition) is 4. The number of carbonyl (C=O) groups is 3. The van der Waals surface area contributed by atoms with E-state index in [0.717, 1.165) is 0 Å². The van der Waals surface area contributed by atoms with Crippen LogP contribution in [0.3, 0.4) is 0 Å². The molecule has 1 atom stereocenters. The molecule has 0 aliphatic carbocycles. The third-order valence-corrected chi connectivity index (χ3v) is 4.64. The minimum atomic E-state index is -0.457. The van der Waals surface area contributed by atoms with Crippen LogP contribution in [0.2, 0.25) is 0 Å². The van der Waals surface area contributed by atoms with Crippen LogP contribution in [0.15, 0.2) is 23.0 Å². The summed E-state index contributed by atoms with van der Waals surface area (Å²) in [6, 6.07) is 1.49. The summed E-state index contributed by atoms with van der Waals surface area (Å²) in [6.07, 6.45) is 3.19. The summed E-state index contributed by atoms with van der Waals surface area (Å²) in [5, 5.41) is 5.74. The van der Waals surface area contributed by atoms with Crippen molar-refractivity contribution in [2.75, 3.05) is 32.7 Å². The second-order valence-electron chi connectivity index (χ2n) is 7.22. The minimum absolute atomic E-state index is 0.0266. The van der Waals surface area contributed by atoms with E-state index in [0.29, 0.717) is 44.7 Å². The molecule has 0 saturated carbocycles. The summed E-state index contributed by atoms with van der Waals surface area (Å²) in [5.74, 6) is -0.180. The zero-order chi connectivity index (χ0) is 18.0. The van der Waals surface area contributed by atoms with Crippen molar-refractivity contribution in [2.24, 2.45) is 5.41 Å². The topological polar surface area (TPSA) is 94.9 Å². The summed E-state index contributed by atoms with van der Waals surface area (Å²) in [4.78, 5) is 40.5. The maximum Gasteiger partial charge on any atom is 0.317 e. The number of nitrogens with one attached hydrogen (secondary N) is 2. The van der Waals surface area contributed by atoms with Gasteiger partial charge in [-0.2, -0.15) is 0 Å². The fourth-order valence-electron chi connectivity index (χ4n) is 3.49. The molecule has 2 fully saturated rings. The lowest BCUT2D eigenvalue weighted by atomic mass is 9.86. The highest BCUT2D eigenvalue weighted by molar-refractivity contribution is 5.94. The van der Waals surface area contributed by atoms with Crippen molar-refractivity contribution >= 4 is 17.8 Å². The molecular weight excluding hydrogens is 324 g/mol. The van der Waals surface area contributed by atoms with Crippen LogP contribution >= 0.6 is 0 Å². The Hall–Kier alpha value is -2.51. The Morgan fingerprint density at radius 3 is 2.60 bits per heavy atom. The zero-order valence-electron chi connectivity index (χ0n) is 14.6. The van der Waals surface area contributed by atoms with Crippen molar-refractivity contribution in [3.05, 3.63) is 24.2 Å². The molecule has 0 radical (unpaired) electrons. The van der Waals surface area contributed by atoms with Crippen LogP contribution in [0.4, 0.5) is 4.79 Å². The number of rotatable bonds is 2. The van der Waals surface area contributed by atoms with Crippen molar-refractivity contribution in [1.29, 1.82) is 0 Å². The molecular formula is C17H24N4O4. The molecule has 1 aromatic rings. The van der Waals surface area contributed by atoms with Crippen LogP contribution in [0.5, 0.6) is 0 Å². The highest BCUT2D eigenvalue weighted by Crippen LogP contribution is 2.31. The van der Waals surface area contributed by atoms with Gasteiger partial charge in [0.2, 0.25) is 5.91 Å². The lowest BCUT2D eigenvalue weighted by Gasteiger charge is -2.32. The van der Waals surface area contributed by atoms with E-state index in [2.05, 4.69) is 10.6 Å². The molecule has 0 aromatic carbocycles. The normalized spacial score (nSPS) is 23.7. The molecule has 2 aliphatic heterocycles. The molecule has 2 N–H and O–H groups in total. The minimum Gasteiger partial charge on any atom is -0.472 e. The van der Waals surface area contributed by atoms with Crippen molar-refractivity contribution in [3.8, 4) is 0 Å². The van der Waals surface area contributed by atoms with Crippen molar-refractivity contribution < 1.29 is 18.8 Å². The molecule has 8 nitrogen and oxygen atoms in total. The first-order valence-corrected chi connectivity index (χ1v) is 8.52. The smallest absolute Gasteiger partial charge is 0.317 e. The SMILES string of the molecule is CC(C)NC(=O)N1CCN(C(=O)c2ccoc2)CC2(CNC(=O)C2)C1. The van der Waals surface area contributed by atoms with Gasteiger partial charge in [-0.15, -0.1) is 0 Å². The lowest BCUT2D eigenvalue weighted by molar-refractivity contribution is -0.119. The Bertz CT molecular complexity index is 658. The predicted molar refractivity (Wildman–Crippen MR) is 89.9 cm³/mol. The number of carbonyl (C=O) groups excluding carboxylic acids is 3. The number of furan rings is 1. The van der Waals surface area contributed by atoms with E-state index < -0.39 is 5.41 Å². The first kappa shape index (κ1) is 17.3. The van der Waals surface area contributed by atoms with E-state index in [-0.39, 0.29) is 23.9 Å². The van der Waals surface area contributed by atoms with E-state index in [1.165, 1.54) is 12.5 Å². The third kappa shape index (κ3) is 3.78. The highest BCUT2D eigenvalue weighted by Gasteiger charge is 2.45. The number of amides is 4. The summed E-state index contributed by atoms with van der Waals surface area (Å²) < 4.78 is 5.01. The largest absolute Gasteiger partial charge is 0.472 e. The Morgan fingerprint density at radius 1 is 1.28 bits per heavy atom. The van der Waals surface area contributed by atoms with Crippen LogP contribution in [-0.4, -0.2) is 66.4 Å². The van der Waals surface area contributed by atoms with Gasteiger partial charge in [0.1, 0.15) is 6.26 Å². The monoisotopic (exact) mass is 348 g/mol. The van der Waals surface area contributed by atoms with Crippen molar-refractivity contribution in [2.45, 2.75) is 26.3 Å². The average Bonchev–Trinajstić information content (AvgIpc) is 3.14. The molecule has 8 heteroatoms. The standard InChI is InChI=1S/C17H24N4O4/c1-12(2)19-16(24)21-5-4-20(15(23)13-3-6-25-8-13)10-17(11-21)7-14(22)18-9-17/h3,6,8,12H,4-5,7,9-11H2,1-2H3,(H,18,22)(H,19,24). The van der Waals surface area contributed by atoms with Gasteiger partial charge in [-0.05, 0) is 19.9 Å². The van der Waals surface area contributed by atoms with Gasteiger partial charge in [0.15, 0.2) is 0 Å². The third-order valence-electron chi connectivity index (χ3n) is 4.64. The predicted octanol–water partition coefficient (Wildman–Crippen LogP) is 0.662. The van der Waals surface area contributed by atoms with Gasteiger partial charge in [-0.3, -0.25) is 9.59 Å². The van der Waals surface area contributed by atoms with Gasteiger partial charge in [-0.1, -0.05) is 0 Å². The van der Waals surface area contributed by atoms with Gasteiger partial charge in [0.05, 0.1) is 11.8 Å². The molecule has 3 heterocycles. The van der Waals surface area contributed by atoms with Crippen molar-refractivity contribution in [1.82, 2.24) is 20.4 Å². The average molecular weight is 348 g/mol. The van der Waals surface area contributed by atoms with Gasteiger partial charge in [0, 0.05) is 50.6 Å². The molecule has 2 aliphatic rings. The van der Waals surface area contributed by atoms with Gasteiger partial charge < -0.3 is 24.9 Å².